The van der Waals surface area contributed by atoms with Gasteiger partial charge in [-0.2, -0.15) is 13.2 Å². The van der Waals surface area contributed by atoms with Crippen LogP contribution in [0.15, 0.2) is 24.3 Å². The van der Waals surface area contributed by atoms with Crippen LogP contribution < -0.4 is 11.1 Å². The molecule has 0 spiro atoms. The Hall–Kier alpha value is -1.27. The molecule has 2 rings (SSSR count). The summed E-state index contributed by atoms with van der Waals surface area (Å²) in [5.74, 6) is -0.306. The smallest absolute Gasteiger partial charge is 0.350 e. The van der Waals surface area contributed by atoms with Gasteiger partial charge in [-0.05, 0) is 30.5 Å². The molecule has 1 aromatic rings. The van der Waals surface area contributed by atoms with Gasteiger partial charge in [-0.3, -0.25) is 4.79 Å². The number of nitrogens with two attached hydrogens (primary N) is 1. The van der Waals surface area contributed by atoms with Crippen molar-refractivity contribution in [1.29, 1.82) is 0 Å². The van der Waals surface area contributed by atoms with Crippen molar-refractivity contribution in [1.82, 2.24) is 5.32 Å². The van der Waals surface area contributed by atoms with E-state index in [9.17, 15) is 18.0 Å². The molecule has 0 bridgehead atoms. The van der Waals surface area contributed by atoms with Gasteiger partial charge < -0.3 is 11.1 Å². The van der Waals surface area contributed by atoms with Crippen LogP contribution in [0.3, 0.4) is 0 Å². The first kappa shape index (κ1) is 15.8. The van der Waals surface area contributed by atoms with Gasteiger partial charge in [-0.15, -0.1) is 12.4 Å². The molecule has 0 atom stereocenters. The van der Waals surface area contributed by atoms with Crippen molar-refractivity contribution in [3.05, 3.63) is 35.4 Å². The lowest BCUT2D eigenvalue weighted by atomic mass is 10.1. The first-order chi connectivity index (χ1) is 8.31. The van der Waals surface area contributed by atoms with Gasteiger partial charge in [0.05, 0.1) is 11.1 Å². The van der Waals surface area contributed by atoms with Gasteiger partial charge in [0, 0.05) is 6.54 Å². The molecule has 0 aliphatic heterocycles. The van der Waals surface area contributed by atoms with Gasteiger partial charge in [0.25, 0.3) is 0 Å². The molecule has 1 aliphatic carbocycles. The van der Waals surface area contributed by atoms with E-state index < -0.39 is 17.3 Å². The van der Waals surface area contributed by atoms with E-state index in [4.69, 9.17) is 5.73 Å². The summed E-state index contributed by atoms with van der Waals surface area (Å²) in [6.45, 7) is 0.0572. The molecular formula is C12H14ClF3N2O. The molecular weight excluding hydrogens is 281 g/mol. The molecule has 3 nitrogen and oxygen atoms in total. The van der Waals surface area contributed by atoms with Gasteiger partial charge in [0.15, 0.2) is 0 Å². The summed E-state index contributed by atoms with van der Waals surface area (Å²) < 4.78 is 37.4. The lowest BCUT2D eigenvalue weighted by Gasteiger charge is -2.11. The molecule has 0 unspecified atom stereocenters. The molecule has 1 aliphatic rings. The van der Waals surface area contributed by atoms with E-state index in [0.717, 1.165) is 12.1 Å². The molecule has 0 saturated heterocycles. The standard InChI is InChI=1S/C12H13F3N2O.ClH/c13-12(14,15)9-3-1-2-8(6-9)7-17-10(18)11(16)4-5-11;/h1-3,6H,4-5,7,16H2,(H,17,18);1H. The maximum Gasteiger partial charge on any atom is 0.416 e. The van der Waals surface area contributed by atoms with Gasteiger partial charge in [0.1, 0.15) is 0 Å². The van der Waals surface area contributed by atoms with E-state index in [1.165, 1.54) is 12.1 Å². The van der Waals surface area contributed by atoms with Gasteiger partial charge in [0.2, 0.25) is 5.91 Å². The summed E-state index contributed by atoms with van der Waals surface area (Å²) in [4.78, 5) is 11.5. The Morgan fingerprint density at radius 1 is 1.37 bits per heavy atom. The zero-order valence-electron chi connectivity index (χ0n) is 9.96. The first-order valence-electron chi connectivity index (χ1n) is 5.55. The fourth-order valence-electron chi connectivity index (χ4n) is 1.58. The lowest BCUT2D eigenvalue weighted by molar-refractivity contribution is -0.137. The fourth-order valence-corrected chi connectivity index (χ4v) is 1.58. The number of alkyl halides is 3. The van der Waals surface area contributed by atoms with E-state index >= 15 is 0 Å². The number of benzene rings is 1. The highest BCUT2D eigenvalue weighted by molar-refractivity contribution is 5.88. The number of carbonyl (C=O) groups is 1. The topological polar surface area (TPSA) is 55.1 Å². The van der Waals surface area contributed by atoms with Gasteiger partial charge in [-0.1, -0.05) is 12.1 Å². The van der Waals surface area contributed by atoms with E-state index in [-0.39, 0.29) is 24.9 Å². The summed E-state index contributed by atoms with van der Waals surface area (Å²) in [5.41, 5.74) is 4.54. The minimum atomic E-state index is -4.37. The van der Waals surface area contributed by atoms with Crippen LogP contribution in [0.25, 0.3) is 0 Å². The minimum absolute atomic E-state index is 0. The first-order valence-corrected chi connectivity index (χ1v) is 5.55. The van der Waals surface area contributed by atoms with Crippen LogP contribution in [0.1, 0.15) is 24.0 Å². The SMILES string of the molecule is Cl.NC1(C(=O)NCc2cccc(C(F)(F)F)c2)CC1. The Balaban J connectivity index is 0.00000180. The van der Waals surface area contributed by atoms with E-state index in [1.54, 1.807) is 0 Å². The second kappa shape index (κ2) is 5.38. The number of carbonyl (C=O) groups excluding carboxylic acids is 1. The number of hydrogen-bond acceptors (Lipinski definition) is 2. The van der Waals surface area contributed by atoms with Crippen LogP contribution in [0.4, 0.5) is 13.2 Å². The summed E-state index contributed by atoms with van der Waals surface area (Å²) in [7, 11) is 0. The van der Waals surface area contributed by atoms with Crippen LogP contribution in [0.2, 0.25) is 0 Å². The summed E-state index contributed by atoms with van der Waals surface area (Å²) in [5, 5.41) is 2.55. The van der Waals surface area contributed by atoms with Crippen molar-refractivity contribution in [3.63, 3.8) is 0 Å². The zero-order chi connectivity index (χ0) is 13.4. The molecule has 0 radical (unpaired) electrons. The summed E-state index contributed by atoms with van der Waals surface area (Å²) >= 11 is 0. The second-order valence-electron chi connectivity index (χ2n) is 4.54. The van der Waals surface area contributed by atoms with E-state index in [0.29, 0.717) is 18.4 Å². The maximum atomic E-state index is 12.5. The van der Waals surface area contributed by atoms with Crippen molar-refractivity contribution in [3.8, 4) is 0 Å². The maximum absolute atomic E-state index is 12.5. The Bertz CT molecular complexity index is 472. The molecule has 7 heteroatoms. The molecule has 106 valence electrons. The van der Waals surface area contributed by atoms with Crippen LogP contribution in [-0.2, 0) is 17.5 Å². The molecule has 1 fully saturated rings. The molecule has 1 amide bonds. The third-order valence-electron chi connectivity index (χ3n) is 2.95. The van der Waals surface area contributed by atoms with Gasteiger partial charge in [-0.25, -0.2) is 0 Å². The lowest BCUT2D eigenvalue weighted by Crippen LogP contribution is -2.42. The van der Waals surface area contributed by atoms with E-state index in [2.05, 4.69) is 5.32 Å². The summed E-state index contributed by atoms with van der Waals surface area (Å²) in [6.07, 6.45) is -3.12. The number of nitrogens with one attached hydrogen (secondary N) is 1. The third-order valence-corrected chi connectivity index (χ3v) is 2.95. The average molecular weight is 295 g/mol. The highest BCUT2D eigenvalue weighted by Crippen LogP contribution is 2.32. The number of halogens is 4. The van der Waals surface area contributed by atoms with Crippen molar-refractivity contribution in [2.45, 2.75) is 31.1 Å². The average Bonchev–Trinajstić information content (AvgIpc) is 3.05. The van der Waals surface area contributed by atoms with Crippen LogP contribution >= 0.6 is 12.4 Å². The third kappa shape index (κ3) is 3.84. The van der Waals surface area contributed by atoms with E-state index in [1.807, 2.05) is 0 Å². The highest BCUT2D eigenvalue weighted by Gasteiger charge is 2.45. The Labute approximate surface area is 114 Å². The molecule has 19 heavy (non-hydrogen) atoms. The van der Waals surface area contributed by atoms with Gasteiger partial charge >= 0.3 is 6.18 Å². The fraction of sp³-hybridized carbons (Fsp3) is 0.417. The number of hydrogen-bond donors (Lipinski definition) is 2. The minimum Gasteiger partial charge on any atom is -0.350 e. The van der Waals surface area contributed by atoms with Crippen molar-refractivity contribution >= 4 is 18.3 Å². The predicted molar refractivity (Wildman–Crippen MR) is 66.7 cm³/mol. The van der Waals surface area contributed by atoms with Crippen LogP contribution in [0, 0.1) is 0 Å². The largest absolute Gasteiger partial charge is 0.416 e. The molecule has 1 aromatic carbocycles. The zero-order valence-corrected chi connectivity index (χ0v) is 10.8. The monoisotopic (exact) mass is 294 g/mol. The molecule has 1 saturated carbocycles. The Kier molecular flexibility index (Phi) is 4.47. The normalized spacial score (nSPS) is 16.4. The molecule has 3 N–H and O–H groups in total. The quantitative estimate of drug-likeness (QED) is 0.898. The second-order valence-corrected chi connectivity index (χ2v) is 4.54. The Morgan fingerprint density at radius 2 is 2.00 bits per heavy atom. The number of amides is 1. The number of rotatable bonds is 3. The highest BCUT2D eigenvalue weighted by atomic mass is 35.5. The summed E-state index contributed by atoms with van der Waals surface area (Å²) in [6, 6.07) is 4.87. The Morgan fingerprint density at radius 3 is 2.53 bits per heavy atom. The predicted octanol–water partition coefficient (Wildman–Crippen LogP) is 2.23. The molecule has 0 heterocycles. The van der Waals surface area contributed by atoms with Crippen molar-refractivity contribution < 1.29 is 18.0 Å². The van der Waals surface area contributed by atoms with Crippen molar-refractivity contribution in [2.75, 3.05) is 0 Å². The van der Waals surface area contributed by atoms with Crippen molar-refractivity contribution in [2.24, 2.45) is 5.73 Å². The van der Waals surface area contributed by atoms with Crippen LogP contribution in [0.5, 0.6) is 0 Å². The molecule has 0 aromatic heterocycles. The van der Waals surface area contributed by atoms with Crippen LogP contribution in [-0.4, -0.2) is 11.4 Å².